The molecule has 8 nitrogen and oxygen atoms in total. The highest BCUT2D eigenvalue weighted by atomic mass is 16.2. The maximum Gasteiger partial charge on any atom is 0.250 e. The van der Waals surface area contributed by atoms with E-state index < -0.39 is 5.54 Å². The summed E-state index contributed by atoms with van der Waals surface area (Å²) in [5, 5.41) is 4.16. The van der Waals surface area contributed by atoms with Crippen LogP contribution in [-0.2, 0) is 16.8 Å². The van der Waals surface area contributed by atoms with Crippen LogP contribution in [0.1, 0.15) is 32.4 Å². The Morgan fingerprint density at radius 2 is 2.08 bits per heavy atom. The Labute approximate surface area is 154 Å². The summed E-state index contributed by atoms with van der Waals surface area (Å²) in [6.07, 6.45) is 9.44. The SMILES string of the molecule is CN(C)c1nccnc1C[C@@H]1CCCN(C(=O)C(C)(C)n2cncn2)C1. The van der Waals surface area contributed by atoms with Crippen molar-refractivity contribution in [1.82, 2.24) is 29.6 Å². The zero-order valence-corrected chi connectivity index (χ0v) is 16.0. The maximum atomic E-state index is 13.1. The number of piperidine rings is 1. The fourth-order valence-electron chi connectivity index (χ4n) is 3.55. The molecule has 0 spiro atoms. The summed E-state index contributed by atoms with van der Waals surface area (Å²) >= 11 is 0. The highest BCUT2D eigenvalue weighted by molar-refractivity contribution is 5.83. The first-order valence-corrected chi connectivity index (χ1v) is 9.01. The van der Waals surface area contributed by atoms with Crippen molar-refractivity contribution in [2.45, 2.75) is 38.6 Å². The van der Waals surface area contributed by atoms with Crippen LogP contribution in [0, 0.1) is 5.92 Å². The number of nitrogens with zero attached hydrogens (tertiary/aromatic N) is 7. The number of carbonyl (C=O) groups is 1. The number of hydrogen-bond donors (Lipinski definition) is 0. The van der Waals surface area contributed by atoms with E-state index in [0.29, 0.717) is 5.92 Å². The third kappa shape index (κ3) is 3.68. The molecular formula is C18H27N7O. The van der Waals surface area contributed by atoms with Crippen molar-refractivity contribution in [3.8, 4) is 0 Å². The Kier molecular flexibility index (Phi) is 5.20. The van der Waals surface area contributed by atoms with Gasteiger partial charge in [-0.1, -0.05) is 0 Å². The van der Waals surface area contributed by atoms with Gasteiger partial charge in [-0.15, -0.1) is 0 Å². The molecule has 2 aromatic heterocycles. The van der Waals surface area contributed by atoms with Gasteiger partial charge in [-0.25, -0.2) is 14.6 Å². The van der Waals surface area contributed by atoms with E-state index in [2.05, 4.69) is 20.1 Å². The van der Waals surface area contributed by atoms with Gasteiger partial charge in [-0.3, -0.25) is 9.78 Å². The Hall–Kier alpha value is -2.51. The molecule has 140 valence electrons. The second kappa shape index (κ2) is 7.39. The molecule has 1 fully saturated rings. The van der Waals surface area contributed by atoms with Crippen LogP contribution in [-0.4, -0.2) is 62.7 Å². The summed E-state index contributed by atoms with van der Waals surface area (Å²) in [7, 11) is 3.95. The average molecular weight is 357 g/mol. The first-order valence-electron chi connectivity index (χ1n) is 9.01. The van der Waals surface area contributed by atoms with Crippen LogP contribution in [0.3, 0.4) is 0 Å². The minimum Gasteiger partial charge on any atom is -0.361 e. The van der Waals surface area contributed by atoms with E-state index in [1.807, 2.05) is 37.7 Å². The molecule has 0 bridgehead atoms. The van der Waals surface area contributed by atoms with Crippen molar-refractivity contribution in [1.29, 1.82) is 0 Å². The van der Waals surface area contributed by atoms with Crippen molar-refractivity contribution in [3.05, 3.63) is 30.7 Å². The fourth-order valence-corrected chi connectivity index (χ4v) is 3.55. The lowest BCUT2D eigenvalue weighted by atomic mass is 9.91. The minimum atomic E-state index is -0.736. The third-order valence-electron chi connectivity index (χ3n) is 4.98. The lowest BCUT2D eigenvalue weighted by Gasteiger charge is -2.37. The fraction of sp³-hybridized carbons (Fsp3) is 0.611. The van der Waals surface area contributed by atoms with Crippen molar-refractivity contribution in [2.24, 2.45) is 5.92 Å². The van der Waals surface area contributed by atoms with E-state index in [1.165, 1.54) is 6.33 Å². The molecule has 0 aromatic carbocycles. The average Bonchev–Trinajstić information content (AvgIpc) is 3.17. The molecule has 3 heterocycles. The number of likely N-dealkylation sites (tertiary alicyclic amines) is 1. The van der Waals surface area contributed by atoms with Gasteiger partial charge in [-0.2, -0.15) is 5.10 Å². The predicted molar refractivity (Wildman–Crippen MR) is 98.7 cm³/mol. The summed E-state index contributed by atoms with van der Waals surface area (Å²) in [5.41, 5.74) is 0.257. The van der Waals surface area contributed by atoms with Crippen LogP contribution < -0.4 is 4.90 Å². The molecule has 1 aliphatic heterocycles. The molecule has 0 aliphatic carbocycles. The number of hydrogen-bond acceptors (Lipinski definition) is 6. The Morgan fingerprint density at radius 3 is 2.77 bits per heavy atom. The quantitative estimate of drug-likeness (QED) is 0.804. The van der Waals surface area contributed by atoms with Crippen LogP contribution in [0.25, 0.3) is 0 Å². The topological polar surface area (TPSA) is 80.0 Å². The molecule has 1 saturated heterocycles. The summed E-state index contributed by atoms with van der Waals surface area (Å²) in [4.78, 5) is 30.0. The Morgan fingerprint density at radius 1 is 1.31 bits per heavy atom. The van der Waals surface area contributed by atoms with Gasteiger partial charge in [0.2, 0.25) is 5.91 Å². The molecule has 1 aliphatic rings. The van der Waals surface area contributed by atoms with Crippen LogP contribution in [0.5, 0.6) is 0 Å². The molecule has 26 heavy (non-hydrogen) atoms. The number of rotatable bonds is 5. The standard InChI is InChI=1S/C18H27N7O/c1-18(2,25-13-19-12-22-25)17(26)24-9-5-6-14(11-24)10-15-16(23(3)4)21-8-7-20-15/h7-8,12-14H,5-6,9-11H2,1-4H3/t14-/m0/s1. The number of carbonyl (C=O) groups excluding carboxylic acids is 1. The van der Waals surface area contributed by atoms with Gasteiger partial charge in [-0.05, 0) is 39.0 Å². The molecule has 1 atom stereocenters. The van der Waals surface area contributed by atoms with Gasteiger partial charge in [0.25, 0.3) is 0 Å². The van der Waals surface area contributed by atoms with Crippen LogP contribution in [0.15, 0.2) is 25.0 Å². The number of anilines is 1. The minimum absolute atomic E-state index is 0.0830. The Bertz CT molecular complexity index is 742. The highest BCUT2D eigenvalue weighted by Crippen LogP contribution is 2.26. The smallest absolute Gasteiger partial charge is 0.250 e. The molecular weight excluding hydrogens is 330 g/mol. The van der Waals surface area contributed by atoms with E-state index in [1.54, 1.807) is 23.4 Å². The van der Waals surface area contributed by atoms with Crippen molar-refractivity contribution < 1.29 is 4.79 Å². The van der Waals surface area contributed by atoms with Crippen molar-refractivity contribution >= 4 is 11.7 Å². The summed E-state index contributed by atoms with van der Waals surface area (Å²) < 4.78 is 1.63. The van der Waals surface area contributed by atoms with Crippen LogP contribution in [0.4, 0.5) is 5.82 Å². The summed E-state index contributed by atoms with van der Waals surface area (Å²) in [6.45, 7) is 5.30. The van der Waals surface area contributed by atoms with Gasteiger partial charge in [0.1, 0.15) is 24.0 Å². The zero-order valence-electron chi connectivity index (χ0n) is 16.0. The van der Waals surface area contributed by atoms with Crippen molar-refractivity contribution in [2.75, 3.05) is 32.1 Å². The third-order valence-corrected chi connectivity index (χ3v) is 4.98. The molecule has 8 heteroatoms. The maximum absolute atomic E-state index is 13.1. The van der Waals surface area contributed by atoms with Gasteiger partial charge >= 0.3 is 0 Å². The lowest BCUT2D eigenvalue weighted by molar-refractivity contribution is -0.141. The largest absolute Gasteiger partial charge is 0.361 e. The van der Waals surface area contributed by atoms with Gasteiger partial charge in [0.05, 0.1) is 5.69 Å². The van der Waals surface area contributed by atoms with Gasteiger partial charge < -0.3 is 9.80 Å². The number of aromatic nitrogens is 5. The van der Waals surface area contributed by atoms with E-state index in [-0.39, 0.29) is 5.91 Å². The zero-order chi connectivity index (χ0) is 18.7. The van der Waals surface area contributed by atoms with E-state index >= 15 is 0 Å². The molecule has 0 radical (unpaired) electrons. The summed E-state index contributed by atoms with van der Waals surface area (Å²) in [5.74, 6) is 1.37. The normalized spacial score (nSPS) is 18.0. The molecule has 2 aromatic rings. The van der Waals surface area contributed by atoms with E-state index in [4.69, 9.17) is 0 Å². The molecule has 3 rings (SSSR count). The molecule has 0 saturated carbocycles. The predicted octanol–water partition coefficient (Wildman–Crippen LogP) is 1.35. The Balaban J connectivity index is 1.71. The second-order valence-electron chi connectivity index (χ2n) is 7.58. The lowest BCUT2D eigenvalue weighted by Crippen LogP contribution is -2.50. The second-order valence-corrected chi connectivity index (χ2v) is 7.58. The van der Waals surface area contributed by atoms with Crippen LogP contribution >= 0.6 is 0 Å². The molecule has 1 amide bonds. The van der Waals surface area contributed by atoms with E-state index in [0.717, 1.165) is 43.9 Å². The van der Waals surface area contributed by atoms with Crippen LogP contribution in [0.2, 0.25) is 0 Å². The van der Waals surface area contributed by atoms with E-state index in [9.17, 15) is 4.79 Å². The molecule has 0 N–H and O–H groups in total. The monoisotopic (exact) mass is 357 g/mol. The van der Waals surface area contributed by atoms with Gasteiger partial charge in [0, 0.05) is 39.6 Å². The first kappa shape index (κ1) is 18.3. The number of amides is 1. The molecule has 0 unspecified atom stereocenters. The first-order chi connectivity index (χ1) is 12.4. The van der Waals surface area contributed by atoms with Crippen molar-refractivity contribution in [3.63, 3.8) is 0 Å². The summed E-state index contributed by atoms with van der Waals surface area (Å²) in [6, 6.07) is 0. The van der Waals surface area contributed by atoms with Gasteiger partial charge in [0.15, 0.2) is 0 Å². The highest BCUT2D eigenvalue weighted by Gasteiger charge is 2.36.